The molecule has 0 aromatic carbocycles. The highest BCUT2D eigenvalue weighted by Crippen LogP contribution is 2.42. The molecular weight excluding hydrogens is 276 g/mol. The van der Waals surface area contributed by atoms with Crippen LogP contribution in [0.5, 0.6) is 0 Å². The molecule has 2 atom stereocenters. The van der Waals surface area contributed by atoms with E-state index < -0.39 is 23.3 Å². The van der Waals surface area contributed by atoms with Crippen molar-refractivity contribution in [2.45, 2.75) is 39.5 Å². The van der Waals surface area contributed by atoms with Gasteiger partial charge in [-0.25, -0.2) is 0 Å². The lowest BCUT2D eigenvalue weighted by Crippen LogP contribution is -2.45. The van der Waals surface area contributed by atoms with Gasteiger partial charge in [0.1, 0.15) is 12.0 Å². The summed E-state index contributed by atoms with van der Waals surface area (Å²) in [5.41, 5.74) is -0.980. The van der Waals surface area contributed by atoms with Crippen LogP contribution in [0.2, 0.25) is 0 Å². The number of carbonyl (C=O) groups excluding carboxylic acids is 2. The number of hydrogen-bond donors (Lipinski definition) is 1. The molecule has 0 saturated carbocycles. The zero-order chi connectivity index (χ0) is 15.9. The summed E-state index contributed by atoms with van der Waals surface area (Å²) >= 11 is 0. The number of hydrogen-bond acceptors (Lipinski definition) is 5. The van der Waals surface area contributed by atoms with Gasteiger partial charge in [0.25, 0.3) is 0 Å². The molecule has 0 spiro atoms. The molecule has 0 radical (unpaired) electrons. The van der Waals surface area contributed by atoms with Crippen LogP contribution in [0.3, 0.4) is 0 Å². The molecule has 0 heterocycles. The molecule has 21 heavy (non-hydrogen) atoms. The molecule has 0 amide bonds. The van der Waals surface area contributed by atoms with E-state index in [9.17, 15) is 14.4 Å². The van der Waals surface area contributed by atoms with Crippen molar-refractivity contribution in [3.05, 3.63) is 12.2 Å². The SMILES string of the molecule is CCOC(=O)[C@]1(COC(C)=O)CCC=C[C@@H]1CCC(=O)O. The monoisotopic (exact) mass is 298 g/mol. The summed E-state index contributed by atoms with van der Waals surface area (Å²) < 4.78 is 10.2. The third-order valence-corrected chi connectivity index (χ3v) is 3.72. The van der Waals surface area contributed by atoms with Crippen molar-refractivity contribution < 1.29 is 29.0 Å². The van der Waals surface area contributed by atoms with E-state index in [1.54, 1.807) is 6.92 Å². The third-order valence-electron chi connectivity index (χ3n) is 3.72. The van der Waals surface area contributed by atoms with Crippen molar-refractivity contribution in [2.75, 3.05) is 13.2 Å². The fourth-order valence-corrected chi connectivity index (χ4v) is 2.62. The first-order valence-electron chi connectivity index (χ1n) is 7.11. The molecule has 6 nitrogen and oxygen atoms in total. The number of carbonyl (C=O) groups is 3. The fraction of sp³-hybridized carbons (Fsp3) is 0.667. The Morgan fingerprint density at radius 3 is 2.62 bits per heavy atom. The van der Waals surface area contributed by atoms with Crippen LogP contribution in [0.15, 0.2) is 12.2 Å². The van der Waals surface area contributed by atoms with Crippen LogP contribution in [0.1, 0.15) is 39.5 Å². The van der Waals surface area contributed by atoms with E-state index in [0.29, 0.717) is 19.3 Å². The lowest BCUT2D eigenvalue weighted by molar-refractivity contribution is -0.168. The second-order valence-corrected chi connectivity index (χ2v) is 5.16. The Morgan fingerprint density at radius 1 is 1.33 bits per heavy atom. The average molecular weight is 298 g/mol. The van der Waals surface area contributed by atoms with Crippen LogP contribution in [-0.2, 0) is 23.9 Å². The summed E-state index contributed by atoms with van der Waals surface area (Å²) in [6, 6.07) is 0. The van der Waals surface area contributed by atoms with Crippen LogP contribution < -0.4 is 0 Å². The normalized spacial score (nSPS) is 24.4. The lowest BCUT2D eigenvalue weighted by atomic mass is 9.68. The zero-order valence-corrected chi connectivity index (χ0v) is 12.5. The maximum Gasteiger partial charge on any atom is 0.316 e. The number of rotatable bonds is 7. The van der Waals surface area contributed by atoms with Gasteiger partial charge in [-0.1, -0.05) is 12.2 Å². The zero-order valence-electron chi connectivity index (χ0n) is 12.5. The summed E-state index contributed by atoms with van der Waals surface area (Å²) in [5, 5.41) is 8.85. The summed E-state index contributed by atoms with van der Waals surface area (Å²) in [5.74, 6) is -2.11. The van der Waals surface area contributed by atoms with Gasteiger partial charge in [0.2, 0.25) is 0 Å². The number of carboxylic acids is 1. The maximum absolute atomic E-state index is 12.4. The minimum Gasteiger partial charge on any atom is -0.481 e. The molecule has 6 heteroatoms. The molecular formula is C15H22O6. The van der Waals surface area contributed by atoms with Gasteiger partial charge in [0, 0.05) is 13.3 Å². The second-order valence-electron chi connectivity index (χ2n) is 5.16. The quantitative estimate of drug-likeness (QED) is 0.570. The van der Waals surface area contributed by atoms with Crippen LogP contribution in [0.4, 0.5) is 0 Å². The first-order chi connectivity index (χ1) is 9.92. The van der Waals surface area contributed by atoms with Crippen LogP contribution in [-0.4, -0.2) is 36.2 Å². The van der Waals surface area contributed by atoms with E-state index in [1.165, 1.54) is 6.92 Å². The molecule has 1 N–H and O–H groups in total. The van der Waals surface area contributed by atoms with Gasteiger partial charge in [-0.2, -0.15) is 0 Å². The molecule has 0 saturated heterocycles. The number of carboxylic acid groups (broad SMARTS) is 1. The van der Waals surface area contributed by atoms with E-state index in [2.05, 4.69) is 0 Å². The van der Waals surface area contributed by atoms with Gasteiger partial charge in [-0.3, -0.25) is 14.4 Å². The van der Waals surface area contributed by atoms with Gasteiger partial charge >= 0.3 is 17.9 Å². The minimum atomic E-state index is -0.980. The maximum atomic E-state index is 12.4. The Kier molecular flexibility index (Phi) is 6.39. The lowest BCUT2D eigenvalue weighted by Gasteiger charge is -2.38. The summed E-state index contributed by atoms with van der Waals surface area (Å²) in [6.45, 7) is 3.15. The molecule has 0 unspecified atom stereocenters. The van der Waals surface area contributed by atoms with Crippen LogP contribution >= 0.6 is 0 Å². The highest BCUT2D eigenvalue weighted by molar-refractivity contribution is 5.79. The number of aliphatic carboxylic acids is 1. The molecule has 1 aliphatic carbocycles. The van der Waals surface area contributed by atoms with Crippen molar-refractivity contribution in [3.63, 3.8) is 0 Å². The molecule has 0 aliphatic heterocycles. The smallest absolute Gasteiger partial charge is 0.316 e. The summed E-state index contributed by atoms with van der Waals surface area (Å²) in [7, 11) is 0. The Balaban J connectivity index is 2.98. The highest BCUT2D eigenvalue weighted by atomic mass is 16.6. The number of esters is 2. The van der Waals surface area contributed by atoms with Crippen molar-refractivity contribution in [1.82, 2.24) is 0 Å². The Labute approximate surface area is 124 Å². The van der Waals surface area contributed by atoms with Gasteiger partial charge in [0.05, 0.1) is 6.61 Å². The van der Waals surface area contributed by atoms with Crippen LogP contribution in [0, 0.1) is 11.3 Å². The molecule has 0 aromatic rings. The van der Waals surface area contributed by atoms with E-state index in [-0.39, 0.29) is 25.6 Å². The molecule has 0 bridgehead atoms. The molecule has 118 valence electrons. The third kappa shape index (κ3) is 4.58. The van der Waals surface area contributed by atoms with E-state index >= 15 is 0 Å². The van der Waals surface area contributed by atoms with Crippen molar-refractivity contribution in [2.24, 2.45) is 11.3 Å². The van der Waals surface area contributed by atoms with Crippen LogP contribution in [0.25, 0.3) is 0 Å². The predicted molar refractivity (Wildman–Crippen MR) is 74.4 cm³/mol. The van der Waals surface area contributed by atoms with Crippen molar-refractivity contribution >= 4 is 17.9 Å². The highest BCUT2D eigenvalue weighted by Gasteiger charge is 2.47. The first-order valence-corrected chi connectivity index (χ1v) is 7.11. The average Bonchev–Trinajstić information content (AvgIpc) is 2.43. The fourth-order valence-electron chi connectivity index (χ4n) is 2.62. The molecule has 1 aliphatic rings. The van der Waals surface area contributed by atoms with Crippen molar-refractivity contribution in [1.29, 1.82) is 0 Å². The standard InChI is InChI=1S/C15H22O6/c1-3-20-14(19)15(10-21-11(2)16)9-5-4-6-12(15)7-8-13(17)18/h4,6,12H,3,5,7-10H2,1-2H3,(H,17,18)/t12-,15+/m1/s1. The van der Waals surface area contributed by atoms with Gasteiger partial charge in [0.15, 0.2) is 0 Å². The van der Waals surface area contributed by atoms with Gasteiger partial charge in [-0.05, 0) is 32.1 Å². The topological polar surface area (TPSA) is 89.9 Å². The largest absolute Gasteiger partial charge is 0.481 e. The summed E-state index contributed by atoms with van der Waals surface area (Å²) in [4.78, 5) is 34.3. The number of allylic oxidation sites excluding steroid dienone is 2. The second kappa shape index (κ2) is 7.81. The van der Waals surface area contributed by atoms with Crippen molar-refractivity contribution in [3.8, 4) is 0 Å². The predicted octanol–water partition coefficient (Wildman–Crippen LogP) is 1.93. The van der Waals surface area contributed by atoms with Gasteiger partial charge in [-0.15, -0.1) is 0 Å². The minimum absolute atomic E-state index is 0.0454. The van der Waals surface area contributed by atoms with E-state index in [0.717, 1.165) is 0 Å². The molecule has 0 aromatic heterocycles. The summed E-state index contributed by atoms with van der Waals surface area (Å²) in [6.07, 6.45) is 5.19. The Hall–Kier alpha value is -1.85. The number of ether oxygens (including phenoxy) is 2. The Bertz CT molecular complexity index is 428. The molecule has 0 fully saturated rings. The van der Waals surface area contributed by atoms with Gasteiger partial charge < -0.3 is 14.6 Å². The molecule has 1 rings (SSSR count). The van der Waals surface area contributed by atoms with E-state index in [1.807, 2.05) is 12.2 Å². The first kappa shape index (κ1) is 17.2. The van der Waals surface area contributed by atoms with E-state index in [4.69, 9.17) is 14.6 Å². The Morgan fingerprint density at radius 2 is 2.05 bits per heavy atom.